The van der Waals surface area contributed by atoms with Crippen LogP contribution in [0.25, 0.3) is 0 Å². The highest BCUT2D eigenvalue weighted by Crippen LogP contribution is 2.55. The molecule has 3 atom stereocenters. The van der Waals surface area contributed by atoms with Crippen molar-refractivity contribution < 1.29 is 9.84 Å². The molecule has 0 bridgehead atoms. The number of benzene rings is 1. The molecular weight excluding hydrogens is 320 g/mol. The van der Waals surface area contributed by atoms with Gasteiger partial charge in [-0.1, -0.05) is 45.3 Å². The van der Waals surface area contributed by atoms with Crippen LogP contribution in [0, 0.1) is 11.8 Å². The van der Waals surface area contributed by atoms with Crippen molar-refractivity contribution >= 4 is 0 Å². The predicted molar refractivity (Wildman–Crippen MR) is 109 cm³/mol. The summed E-state index contributed by atoms with van der Waals surface area (Å²) < 4.78 is 6.44. The molecular formula is C24H36O2. The first-order valence-corrected chi connectivity index (χ1v) is 10.6. The molecule has 0 radical (unpaired) electrons. The third kappa shape index (κ3) is 3.80. The number of ether oxygens (including phenoxy) is 1. The van der Waals surface area contributed by atoms with Crippen LogP contribution in [0.1, 0.15) is 89.7 Å². The van der Waals surface area contributed by atoms with Gasteiger partial charge in [0.15, 0.2) is 0 Å². The van der Waals surface area contributed by atoms with Crippen LogP contribution in [0.3, 0.4) is 0 Å². The molecule has 2 nitrogen and oxygen atoms in total. The number of aromatic hydroxyl groups is 1. The minimum absolute atomic E-state index is 0.183. The minimum Gasteiger partial charge on any atom is -0.508 e. The average Bonchev–Trinajstić information content (AvgIpc) is 2.57. The Morgan fingerprint density at radius 2 is 2.04 bits per heavy atom. The van der Waals surface area contributed by atoms with Crippen LogP contribution < -0.4 is 4.74 Å². The normalized spacial score (nSPS) is 25.2. The van der Waals surface area contributed by atoms with Gasteiger partial charge >= 0.3 is 0 Å². The maximum atomic E-state index is 10.8. The van der Waals surface area contributed by atoms with Crippen molar-refractivity contribution in [2.75, 3.05) is 0 Å². The van der Waals surface area contributed by atoms with Crippen molar-refractivity contribution in [2.45, 2.75) is 90.6 Å². The summed E-state index contributed by atoms with van der Waals surface area (Å²) in [5.74, 6) is 2.91. The number of phenols is 1. The van der Waals surface area contributed by atoms with Crippen molar-refractivity contribution in [3.63, 3.8) is 0 Å². The van der Waals surface area contributed by atoms with E-state index in [1.165, 1.54) is 36.8 Å². The highest BCUT2D eigenvalue weighted by atomic mass is 16.5. The van der Waals surface area contributed by atoms with E-state index in [0.717, 1.165) is 42.9 Å². The first kappa shape index (κ1) is 19.3. The Bertz CT molecular complexity index is 658. The van der Waals surface area contributed by atoms with E-state index >= 15 is 0 Å². The van der Waals surface area contributed by atoms with Gasteiger partial charge in [0, 0.05) is 17.4 Å². The van der Waals surface area contributed by atoms with E-state index in [2.05, 4.69) is 40.3 Å². The molecule has 0 spiro atoms. The van der Waals surface area contributed by atoms with E-state index in [0.29, 0.717) is 17.6 Å². The zero-order chi connectivity index (χ0) is 18.9. The fraction of sp³-hybridized carbons (Fsp3) is 0.667. The van der Waals surface area contributed by atoms with E-state index in [4.69, 9.17) is 4.74 Å². The van der Waals surface area contributed by atoms with Crippen LogP contribution in [0.5, 0.6) is 11.5 Å². The Morgan fingerprint density at radius 1 is 1.27 bits per heavy atom. The predicted octanol–water partition coefficient (Wildman–Crippen LogP) is 6.76. The van der Waals surface area contributed by atoms with Gasteiger partial charge in [-0.05, 0) is 69.6 Å². The van der Waals surface area contributed by atoms with E-state index < -0.39 is 0 Å². The second-order valence-electron chi connectivity index (χ2n) is 9.04. The van der Waals surface area contributed by atoms with Gasteiger partial charge in [-0.25, -0.2) is 0 Å². The van der Waals surface area contributed by atoms with Crippen LogP contribution >= 0.6 is 0 Å². The summed E-state index contributed by atoms with van der Waals surface area (Å²) in [4.78, 5) is 0. The number of hydrogen-bond donors (Lipinski definition) is 1. The lowest BCUT2D eigenvalue weighted by molar-refractivity contribution is -0.000856. The Labute approximate surface area is 159 Å². The highest BCUT2D eigenvalue weighted by Gasteiger charge is 2.46. The SMILES string of the molecule is C=C1CC[C@@H]2[C@@H](C1)c1c(O)cc(CCC(CC)CCC)cc1OC2(C)C. The van der Waals surface area contributed by atoms with Gasteiger partial charge in [0.2, 0.25) is 0 Å². The molecule has 144 valence electrons. The van der Waals surface area contributed by atoms with E-state index in [1.807, 2.05) is 6.07 Å². The maximum absolute atomic E-state index is 10.8. The smallest absolute Gasteiger partial charge is 0.127 e. The second-order valence-corrected chi connectivity index (χ2v) is 9.04. The average molecular weight is 357 g/mol. The number of hydrogen-bond acceptors (Lipinski definition) is 2. The van der Waals surface area contributed by atoms with Crippen LogP contribution in [0.4, 0.5) is 0 Å². The van der Waals surface area contributed by atoms with Crippen molar-refractivity contribution in [3.8, 4) is 11.5 Å². The maximum Gasteiger partial charge on any atom is 0.127 e. The Balaban J connectivity index is 1.87. The zero-order valence-corrected chi connectivity index (χ0v) is 17.1. The third-order valence-electron chi connectivity index (χ3n) is 6.74. The molecule has 1 N–H and O–H groups in total. The zero-order valence-electron chi connectivity index (χ0n) is 17.1. The number of fused-ring (bicyclic) bond motifs is 3. The first-order valence-electron chi connectivity index (χ1n) is 10.6. The second kappa shape index (κ2) is 7.66. The van der Waals surface area contributed by atoms with Crippen LogP contribution in [0.2, 0.25) is 0 Å². The first-order chi connectivity index (χ1) is 12.4. The lowest BCUT2D eigenvalue weighted by Crippen LogP contribution is -2.46. The fourth-order valence-corrected chi connectivity index (χ4v) is 5.21. The number of aryl methyl sites for hydroxylation is 1. The lowest BCUT2D eigenvalue weighted by atomic mass is 9.65. The largest absolute Gasteiger partial charge is 0.508 e. The van der Waals surface area contributed by atoms with Gasteiger partial charge in [-0.2, -0.15) is 0 Å². The van der Waals surface area contributed by atoms with Gasteiger partial charge < -0.3 is 9.84 Å². The molecule has 1 saturated carbocycles. The molecule has 0 aromatic heterocycles. The number of rotatable bonds is 6. The van der Waals surface area contributed by atoms with Crippen molar-refractivity contribution in [2.24, 2.45) is 11.8 Å². The molecule has 1 aliphatic carbocycles. The Kier molecular flexibility index (Phi) is 5.69. The minimum atomic E-state index is -0.183. The summed E-state index contributed by atoms with van der Waals surface area (Å²) >= 11 is 0. The number of allylic oxidation sites excluding steroid dienone is 1. The molecule has 1 aromatic rings. The monoisotopic (exact) mass is 356 g/mol. The van der Waals surface area contributed by atoms with Gasteiger partial charge in [-0.3, -0.25) is 0 Å². The molecule has 2 aliphatic rings. The Morgan fingerprint density at radius 3 is 2.73 bits per heavy atom. The summed E-state index contributed by atoms with van der Waals surface area (Å²) in [5, 5.41) is 10.8. The van der Waals surface area contributed by atoms with Crippen molar-refractivity contribution in [3.05, 3.63) is 35.4 Å². The third-order valence-corrected chi connectivity index (χ3v) is 6.74. The van der Waals surface area contributed by atoms with Crippen LogP contribution in [-0.2, 0) is 6.42 Å². The molecule has 1 aromatic carbocycles. The van der Waals surface area contributed by atoms with Crippen LogP contribution in [0.15, 0.2) is 24.3 Å². The fourth-order valence-electron chi connectivity index (χ4n) is 5.21. The highest BCUT2D eigenvalue weighted by molar-refractivity contribution is 5.52. The lowest BCUT2D eigenvalue weighted by Gasteiger charge is -2.48. The quantitative estimate of drug-likeness (QED) is 0.570. The molecule has 1 unspecified atom stereocenters. The molecule has 26 heavy (non-hydrogen) atoms. The standard InChI is InChI=1S/C24H36O2/c1-6-8-17(7-2)10-11-18-14-21(25)23-19-13-16(3)9-12-20(19)24(4,5)26-22(23)15-18/h14-15,17,19-20,25H,3,6-13H2,1-2,4-5H3/t17?,19-,20-/m1/s1. The molecule has 3 rings (SSSR count). The van der Waals surface area contributed by atoms with Crippen molar-refractivity contribution in [1.29, 1.82) is 0 Å². The van der Waals surface area contributed by atoms with E-state index in [1.54, 1.807) is 0 Å². The van der Waals surface area contributed by atoms with Gasteiger partial charge in [-0.15, -0.1) is 0 Å². The van der Waals surface area contributed by atoms with Gasteiger partial charge in [0.25, 0.3) is 0 Å². The molecule has 1 fully saturated rings. The summed E-state index contributed by atoms with van der Waals surface area (Å²) in [6.07, 6.45) is 9.15. The molecule has 1 heterocycles. The van der Waals surface area contributed by atoms with Crippen LogP contribution in [-0.4, -0.2) is 10.7 Å². The summed E-state index contributed by atoms with van der Waals surface area (Å²) in [5.41, 5.74) is 3.36. The molecule has 0 amide bonds. The van der Waals surface area contributed by atoms with Gasteiger partial charge in [0.05, 0.1) is 0 Å². The summed E-state index contributed by atoms with van der Waals surface area (Å²) in [6, 6.07) is 4.19. The van der Waals surface area contributed by atoms with E-state index in [9.17, 15) is 5.11 Å². The Hall–Kier alpha value is -1.44. The summed E-state index contributed by atoms with van der Waals surface area (Å²) in [7, 11) is 0. The topological polar surface area (TPSA) is 29.5 Å². The molecule has 2 heteroatoms. The molecule has 1 aliphatic heterocycles. The van der Waals surface area contributed by atoms with Crippen molar-refractivity contribution in [1.82, 2.24) is 0 Å². The number of phenolic OH excluding ortho intramolecular Hbond substituents is 1. The molecule has 0 saturated heterocycles. The summed E-state index contributed by atoms with van der Waals surface area (Å²) in [6.45, 7) is 13.2. The van der Waals surface area contributed by atoms with E-state index in [-0.39, 0.29) is 5.60 Å². The van der Waals surface area contributed by atoms with Gasteiger partial charge in [0.1, 0.15) is 17.1 Å².